The van der Waals surface area contributed by atoms with Gasteiger partial charge in [0.05, 0.1) is 12.5 Å². The first-order chi connectivity index (χ1) is 5.93. The Morgan fingerprint density at radius 1 is 1.46 bits per heavy atom. The molecule has 0 aromatic heterocycles. The molecule has 0 aromatic rings. The number of hydrogen-bond acceptors (Lipinski definition) is 3. The highest BCUT2D eigenvalue weighted by Crippen LogP contribution is 1.95. The van der Waals surface area contributed by atoms with Gasteiger partial charge in [-0.05, 0) is 6.92 Å². The van der Waals surface area contributed by atoms with Crippen LogP contribution in [0.4, 0.5) is 0 Å². The minimum atomic E-state index is -0.947. The van der Waals surface area contributed by atoms with Crippen LogP contribution in [-0.2, 0) is 9.59 Å². The number of carbonyl (C=O) groups is 2. The summed E-state index contributed by atoms with van der Waals surface area (Å²) in [6, 6.07) is 0. The lowest BCUT2D eigenvalue weighted by molar-refractivity contribution is -0.138. The molecule has 0 aromatic carbocycles. The fourth-order valence-corrected chi connectivity index (χ4v) is 0.927. The standard InChI is InChI=1S/C8H15NO4/c1-6(10)5-9(7(2)11)4-3-8(12)13/h6,10H,3-5H2,1-2H3,(H,12,13). The van der Waals surface area contributed by atoms with Crippen LogP contribution in [-0.4, -0.2) is 46.2 Å². The summed E-state index contributed by atoms with van der Waals surface area (Å²) in [5, 5.41) is 17.4. The quantitative estimate of drug-likeness (QED) is 0.622. The second-order valence-corrected chi connectivity index (χ2v) is 2.96. The summed E-state index contributed by atoms with van der Waals surface area (Å²) >= 11 is 0. The molecule has 5 nitrogen and oxygen atoms in total. The first-order valence-electron chi connectivity index (χ1n) is 4.09. The third kappa shape index (κ3) is 6.10. The number of aliphatic hydroxyl groups is 1. The van der Waals surface area contributed by atoms with Crippen LogP contribution < -0.4 is 0 Å². The molecule has 1 unspecified atom stereocenters. The van der Waals surface area contributed by atoms with E-state index in [1.54, 1.807) is 6.92 Å². The minimum absolute atomic E-state index is 0.0910. The minimum Gasteiger partial charge on any atom is -0.481 e. The van der Waals surface area contributed by atoms with E-state index < -0.39 is 12.1 Å². The van der Waals surface area contributed by atoms with Crippen LogP contribution in [0.15, 0.2) is 0 Å². The maximum Gasteiger partial charge on any atom is 0.305 e. The van der Waals surface area contributed by atoms with Crippen LogP contribution in [0.5, 0.6) is 0 Å². The van der Waals surface area contributed by atoms with Gasteiger partial charge in [-0.3, -0.25) is 9.59 Å². The second-order valence-electron chi connectivity index (χ2n) is 2.96. The van der Waals surface area contributed by atoms with Crippen LogP contribution in [0.1, 0.15) is 20.3 Å². The summed E-state index contributed by atoms with van der Waals surface area (Å²) in [6.45, 7) is 3.24. The molecular formula is C8H15NO4. The predicted molar refractivity (Wildman–Crippen MR) is 46.2 cm³/mol. The maximum absolute atomic E-state index is 10.9. The summed E-state index contributed by atoms with van der Waals surface area (Å²) in [5.41, 5.74) is 0. The van der Waals surface area contributed by atoms with Crippen molar-refractivity contribution in [3.05, 3.63) is 0 Å². The van der Waals surface area contributed by atoms with E-state index in [1.165, 1.54) is 11.8 Å². The number of hydrogen-bond donors (Lipinski definition) is 2. The Morgan fingerprint density at radius 3 is 2.31 bits per heavy atom. The smallest absolute Gasteiger partial charge is 0.305 e. The Morgan fingerprint density at radius 2 is 2.00 bits per heavy atom. The molecule has 0 aliphatic rings. The fourth-order valence-electron chi connectivity index (χ4n) is 0.927. The number of amides is 1. The van der Waals surface area contributed by atoms with Gasteiger partial charge < -0.3 is 15.1 Å². The Labute approximate surface area is 77.0 Å². The van der Waals surface area contributed by atoms with Gasteiger partial charge in [-0.25, -0.2) is 0 Å². The van der Waals surface area contributed by atoms with E-state index in [0.29, 0.717) is 0 Å². The van der Waals surface area contributed by atoms with Crippen molar-refractivity contribution < 1.29 is 19.8 Å². The Hall–Kier alpha value is -1.10. The van der Waals surface area contributed by atoms with Crippen LogP contribution in [0, 0.1) is 0 Å². The van der Waals surface area contributed by atoms with E-state index in [9.17, 15) is 9.59 Å². The van der Waals surface area contributed by atoms with E-state index in [-0.39, 0.29) is 25.4 Å². The van der Waals surface area contributed by atoms with Crippen molar-refractivity contribution in [2.45, 2.75) is 26.4 Å². The van der Waals surface area contributed by atoms with Crippen LogP contribution in [0.2, 0.25) is 0 Å². The van der Waals surface area contributed by atoms with Crippen molar-refractivity contribution >= 4 is 11.9 Å². The molecule has 5 heteroatoms. The molecular weight excluding hydrogens is 174 g/mol. The average molecular weight is 189 g/mol. The highest BCUT2D eigenvalue weighted by atomic mass is 16.4. The molecule has 1 amide bonds. The topological polar surface area (TPSA) is 77.8 Å². The van der Waals surface area contributed by atoms with E-state index in [2.05, 4.69) is 0 Å². The largest absolute Gasteiger partial charge is 0.481 e. The lowest BCUT2D eigenvalue weighted by atomic mass is 10.3. The molecule has 2 N–H and O–H groups in total. The highest BCUT2D eigenvalue weighted by molar-refractivity contribution is 5.74. The number of carboxylic acid groups (broad SMARTS) is 1. The maximum atomic E-state index is 10.9. The molecule has 0 aliphatic heterocycles. The van der Waals surface area contributed by atoms with Crippen LogP contribution in [0.25, 0.3) is 0 Å². The van der Waals surface area contributed by atoms with Crippen molar-refractivity contribution in [2.24, 2.45) is 0 Å². The second kappa shape index (κ2) is 5.53. The number of aliphatic carboxylic acids is 1. The number of aliphatic hydroxyl groups excluding tert-OH is 1. The fraction of sp³-hybridized carbons (Fsp3) is 0.750. The van der Waals surface area contributed by atoms with Crippen LogP contribution in [0.3, 0.4) is 0 Å². The van der Waals surface area contributed by atoms with Gasteiger partial charge in [-0.15, -0.1) is 0 Å². The van der Waals surface area contributed by atoms with Gasteiger partial charge in [0, 0.05) is 20.0 Å². The summed E-state index contributed by atoms with van der Waals surface area (Å²) in [5.74, 6) is -1.17. The lowest BCUT2D eigenvalue weighted by Crippen LogP contribution is -2.36. The van der Waals surface area contributed by atoms with Gasteiger partial charge in [-0.1, -0.05) is 0 Å². The van der Waals surface area contributed by atoms with Gasteiger partial charge in [0.25, 0.3) is 0 Å². The van der Waals surface area contributed by atoms with Crippen molar-refractivity contribution in [1.82, 2.24) is 4.90 Å². The SMILES string of the molecule is CC(=O)N(CCC(=O)O)CC(C)O. The Kier molecular flexibility index (Phi) is 5.06. The van der Waals surface area contributed by atoms with Gasteiger partial charge >= 0.3 is 5.97 Å². The van der Waals surface area contributed by atoms with Crippen molar-refractivity contribution in [2.75, 3.05) is 13.1 Å². The molecule has 1 atom stereocenters. The molecule has 0 heterocycles. The predicted octanol–water partition coefficient (Wildman–Crippen LogP) is -0.310. The molecule has 0 spiro atoms. The molecule has 0 radical (unpaired) electrons. The van der Waals surface area contributed by atoms with E-state index in [1.807, 2.05) is 0 Å². The molecule has 0 bridgehead atoms. The van der Waals surface area contributed by atoms with Gasteiger partial charge in [-0.2, -0.15) is 0 Å². The average Bonchev–Trinajstić information content (AvgIpc) is 1.96. The van der Waals surface area contributed by atoms with Crippen molar-refractivity contribution in [3.8, 4) is 0 Å². The summed E-state index contributed by atoms with van der Waals surface area (Å²) in [4.78, 5) is 22.4. The van der Waals surface area contributed by atoms with Crippen molar-refractivity contribution in [3.63, 3.8) is 0 Å². The first-order valence-corrected chi connectivity index (χ1v) is 4.09. The molecule has 0 aliphatic carbocycles. The zero-order valence-corrected chi connectivity index (χ0v) is 7.86. The molecule has 13 heavy (non-hydrogen) atoms. The van der Waals surface area contributed by atoms with Gasteiger partial charge in [0.2, 0.25) is 5.91 Å². The summed E-state index contributed by atoms with van der Waals surface area (Å²) in [6.07, 6.45) is -0.718. The molecule has 0 rings (SSSR count). The zero-order chi connectivity index (χ0) is 10.4. The molecule has 0 saturated carbocycles. The highest BCUT2D eigenvalue weighted by Gasteiger charge is 2.12. The molecule has 76 valence electrons. The third-order valence-corrected chi connectivity index (χ3v) is 1.53. The zero-order valence-electron chi connectivity index (χ0n) is 7.86. The van der Waals surface area contributed by atoms with E-state index in [0.717, 1.165) is 0 Å². The lowest BCUT2D eigenvalue weighted by Gasteiger charge is -2.21. The van der Waals surface area contributed by atoms with Gasteiger partial charge in [0.15, 0.2) is 0 Å². The first kappa shape index (κ1) is 11.9. The number of rotatable bonds is 5. The van der Waals surface area contributed by atoms with Gasteiger partial charge in [0.1, 0.15) is 0 Å². The van der Waals surface area contributed by atoms with Crippen molar-refractivity contribution in [1.29, 1.82) is 0 Å². The normalized spacial score (nSPS) is 12.2. The Bertz CT molecular complexity index is 191. The summed E-state index contributed by atoms with van der Waals surface area (Å²) < 4.78 is 0. The van der Waals surface area contributed by atoms with E-state index in [4.69, 9.17) is 10.2 Å². The Balaban J connectivity index is 3.95. The number of nitrogens with zero attached hydrogens (tertiary/aromatic N) is 1. The number of carboxylic acids is 1. The molecule has 0 saturated heterocycles. The monoisotopic (exact) mass is 189 g/mol. The summed E-state index contributed by atoms with van der Waals surface area (Å²) in [7, 11) is 0. The molecule has 0 fully saturated rings. The number of carbonyl (C=O) groups excluding carboxylic acids is 1. The van der Waals surface area contributed by atoms with Crippen LogP contribution >= 0.6 is 0 Å². The van der Waals surface area contributed by atoms with E-state index >= 15 is 0 Å². The third-order valence-electron chi connectivity index (χ3n) is 1.53.